The van der Waals surface area contributed by atoms with Crippen molar-refractivity contribution in [1.82, 2.24) is 19.6 Å². The molecule has 0 aromatic carbocycles. The summed E-state index contributed by atoms with van der Waals surface area (Å²) in [4.78, 5) is 9.00. The summed E-state index contributed by atoms with van der Waals surface area (Å²) >= 11 is 0. The van der Waals surface area contributed by atoms with Crippen molar-refractivity contribution < 1.29 is 4.74 Å². The summed E-state index contributed by atoms with van der Waals surface area (Å²) in [6, 6.07) is 3.96. The van der Waals surface area contributed by atoms with Crippen LogP contribution in [0.2, 0.25) is 0 Å². The summed E-state index contributed by atoms with van der Waals surface area (Å²) in [5.74, 6) is 1.61. The zero-order chi connectivity index (χ0) is 16.6. The van der Waals surface area contributed by atoms with Crippen molar-refractivity contribution in [3.05, 3.63) is 46.4 Å². The number of anilines is 1. The molecule has 0 aliphatic rings. The van der Waals surface area contributed by atoms with Crippen LogP contribution in [-0.4, -0.2) is 26.7 Å². The molecule has 0 spiro atoms. The maximum Gasteiger partial charge on any atom is 0.218 e. The van der Waals surface area contributed by atoms with Gasteiger partial charge in [0.25, 0.3) is 0 Å². The highest BCUT2D eigenvalue weighted by Crippen LogP contribution is 2.24. The Balaban J connectivity index is 1.99. The van der Waals surface area contributed by atoms with Crippen molar-refractivity contribution in [2.24, 2.45) is 0 Å². The van der Waals surface area contributed by atoms with Gasteiger partial charge >= 0.3 is 0 Å². The molecule has 0 radical (unpaired) electrons. The first kappa shape index (κ1) is 15.3. The molecule has 1 N–H and O–H groups in total. The van der Waals surface area contributed by atoms with Crippen molar-refractivity contribution in [1.29, 1.82) is 0 Å². The molecule has 0 saturated heterocycles. The molecule has 120 valence electrons. The van der Waals surface area contributed by atoms with Crippen LogP contribution in [0.4, 0.5) is 5.82 Å². The van der Waals surface area contributed by atoms with Gasteiger partial charge in [0, 0.05) is 35.1 Å². The Morgan fingerprint density at radius 2 is 1.96 bits per heavy atom. The molecule has 6 heteroatoms. The summed E-state index contributed by atoms with van der Waals surface area (Å²) in [6.07, 6.45) is 1.76. The van der Waals surface area contributed by atoms with Crippen molar-refractivity contribution >= 4 is 11.5 Å². The molecule has 3 heterocycles. The number of hydrogen-bond acceptors (Lipinski definition) is 5. The van der Waals surface area contributed by atoms with E-state index >= 15 is 0 Å². The highest BCUT2D eigenvalue weighted by molar-refractivity contribution is 5.55. The number of hydrogen-bond donors (Lipinski definition) is 1. The lowest BCUT2D eigenvalue weighted by molar-refractivity contribution is 0.391. The first-order valence-corrected chi connectivity index (χ1v) is 7.57. The molecule has 23 heavy (non-hydrogen) atoms. The predicted octanol–water partition coefficient (Wildman–Crippen LogP) is 2.98. The van der Waals surface area contributed by atoms with E-state index < -0.39 is 0 Å². The lowest BCUT2D eigenvalue weighted by Crippen LogP contribution is -2.11. The number of aromatic nitrogens is 4. The van der Waals surface area contributed by atoms with Crippen LogP contribution in [0, 0.1) is 27.7 Å². The van der Waals surface area contributed by atoms with Gasteiger partial charge in [-0.15, -0.1) is 0 Å². The van der Waals surface area contributed by atoms with Crippen LogP contribution in [0.1, 0.15) is 28.1 Å². The van der Waals surface area contributed by atoms with E-state index in [4.69, 9.17) is 4.74 Å². The lowest BCUT2D eigenvalue weighted by atomic mass is 10.1. The van der Waals surface area contributed by atoms with Gasteiger partial charge in [-0.3, -0.25) is 0 Å². The topological polar surface area (TPSA) is 64.3 Å². The van der Waals surface area contributed by atoms with Gasteiger partial charge in [0.1, 0.15) is 5.82 Å². The molecular formula is C17H21N5O. The van der Waals surface area contributed by atoms with Gasteiger partial charge in [-0.05, 0) is 39.3 Å². The number of ether oxygens (including phenoxy) is 1. The number of nitrogens with zero attached hydrogens (tertiary/aromatic N) is 4. The standard InChI is InChI=1S/C17H21N5O/c1-10-8-11(2)20-17(23-5)14(10)9-18-16-12(3)13(4)21-15-6-7-19-22(15)16/h6-8,18H,9H2,1-5H3. The van der Waals surface area contributed by atoms with E-state index in [1.54, 1.807) is 13.3 Å². The normalized spacial score (nSPS) is 11.0. The van der Waals surface area contributed by atoms with E-state index in [2.05, 4.69) is 33.4 Å². The third kappa shape index (κ3) is 2.72. The molecule has 0 unspecified atom stereocenters. The minimum Gasteiger partial charge on any atom is -0.481 e. The van der Waals surface area contributed by atoms with Gasteiger partial charge < -0.3 is 10.1 Å². The van der Waals surface area contributed by atoms with Crippen molar-refractivity contribution in [2.45, 2.75) is 34.2 Å². The van der Waals surface area contributed by atoms with E-state index in [0.29, 0.717) is 12.4 Å². The van der Waals surface area contributed by atoms with E-state index in [1.165, 1.54) is 0 Å². The fraction of sp³-hybridized carbons (Fsp3) is 0.353. The molecule has 0 fully saturated rings. The van der Waals surface area contributed by atoms with Crippen LogP contribution in [-0.2, 0) is 6.54 Å². The van der Waals surface area contributed by atoms with Crippen molar-refractivity contribution in [3.63, 3.8) is 0 Å². The van der Waals surface area contributed by atoms with E-state index in [9.17, 15) is 0 Å². The largest absolute Gasteiger partial charge is 0.481 e. The molecule has 3 rings (SSSR count). The zero-order valence-corrected chi connectivity index (χ0v) is 14.1. The summed E-state index contributed by atoms with van der Waals surface area (Å²) in [6.45, 7) is 8.70. The van der Waals surface area contributed by atoms with Crippen LogP contribution in [0.15, 0.2) is 18.3 Å². The van der Waals surface area contributed by atoms with Gasteiger partial charge in [0.15, 0.2) is 5.65 Å². The fourth-order valence-corrected chi connectivity index (χ4v) is 2.73. The zero-order valence-electron chi connectivity index (χ0n) is 14.1. The Kier molecular flexibility index (Phi) is 3.90. The van der Waals surface area contributed by atoms with Gasteiger partial charge in [0.2, 0.25) is 5.88 Å². The SMILES string of the molecule is COc1nc(C)cc(C)c1CNc1c(C)c(C)nc2ccnn12. The quantitative estimate of drug-likeness (QED) is 0.802. The van der Waals surface area contributed by atoms with Gasteiger partial charge in [0.05, 0.1) is 13.3 Å². The number of nitrogens with one attached hydrogen (secondary N) is 1. The third-order valence-electron chi connectivity index (χ3n) is 4.08. The maximum atomic E-state index is 5.44. The Hall–Kier alpha value is -2.63. The summed E-state index contributed by atoms with van der Waals surface area (Å²) in [5, 5.41) is 7.83. The highest BCUT2D eigenvalue weighted by Gasteiger charge is 2.13. The van der Waals surface area contributed by atoms with Crippen LogP contribution >= 0.6 is 0 Å². The van der Waals surface area contributed by atoms with E-state index in [-0.39, 0.29) is 0 Å². The second kappa shape index (κ2) is 5.87. The second-order valence-electron chi connectivity index (χ2n) is 5.69. The number of fused-ring (bicyclic) bond motifs is 1. The molecule has 0 atom stereocenters. The molecule has 6 nitrogen and oxygen atoms in total. The molecule has 0 amide bonds. The van der Waals surface area contributed by atoms with Gasteiger partial charge in [-0.2, -0.15) is 9.61 Å². The smallest absolute Gasteiger partial charge is 0.218 e. The molecule has 0 aliphatic carbocycles. The molecule has 0 aliphatic heterocycles. The first-order valence-electron chi connectivity index (χ1n) is 7.57. The maximum absolute atomic E-state index is 5.44. The van der Waals surface area contributed by atoms with Crippen molar-refractivity contribution in [2.75, 3.05) is 12.4 Å². The highest BCUT2D eigenvalue weighted by atomic mass is 16.5. The van der Waals surface area contributed by atoms with Gasteiger partial charge in [-0.1, -0.05) is 0 Å². The van der Waals surface area contributed by atoms with Crippen LogP contribution in [0.3, 0.4) is 0 Å². The average molecular weight is 311 g/mol. The Labute approximate surface area is 135 Å². The minimum absolute atomic E-state index is 0.613. The van der Waals surface area contributed by atoms with Crippen LogP contribution < -0.4 is 10.1 Å². The third-order valence-corrected chi connectivity index (χ3v) is 4.08. The van der Waals surface area contributed by atoms with E-state index in [1.807, 2.05) is 31.4 Å². The number of rotatable bonds is 4. The Morgan fingerprint density at radius 1 is 1.17 bits per heavy atom. The average Bonchev–Trinajstić information content (AvgIpc) is 2.96. The first-order chi connectivity index (χ1) is 11.0. The summed E-state index contributed by atoms with van der Waals surface area (Å²) < 4.78 is 7.26. The van der Waals surface area contributed by atoms with Gasteiger partial charge in [-0.25, -0.2) is 9.97 Å². The molecular weight excluding hydrogens is 290 g/mol. The second-order valence-corrected chi connectivity index (χ2v) is 5.69. The Bertz CT molecular complexity index is 869. The van der Waals surface area contributed by atoms with E-state index in [0.717, 1.165) is 39.5 Å². The number of aryl methyl sites for hydroxylation is 3. The predicted molar refractivity (Wildman–Crippen MR) is 90.1 cm³/mol. The summed E-state index contributed by atoms with van der Waals surface area (Å²) in [7, 11) is 1.65. The Morgan fingerprint density at radius 3 is 2.70 bits per heavy atom. The van der Waals surface area contributed by atoms with Crippen molar-refractivity contribution in [3.8, 4) is 5.88 Å². The monoisotopic (exact) mass is 311 g/mol. The van der Waals surface area contributed by atoms with Crippen LogP contribution in [0.25, 0.3) is 5.65 Å². The molecule has 3 aromatic heterocycles. The fourth-order valence-electron chi connectivity index (χ4n) is 2.73. The minimum atomic E-state index is 0.613. The number of methoxy groups -OCH3 is 1. The molecule has 0 bridgehead atoms. The lowest BCUT2D eigenvalue weighted by Gasteiger charge is -2.16. The number of pyridine rings is 1. The van der Waals surface area contributed by atoms with Crippen LogP contribution in [0.5, 0.6) is 5.88 Å². The molecule has 3 aromatic rings. The molecule has 0 saturated carbocycles. The summed E-state index contributed by atoms with van der Waals surface area (Å²) in [5.41, 5.74) is 6.06.